The van der Waals surface area contributed by atoms with Crippen molar-refractivity contribution >= 4 is 0 Å². The Morgan fingerprint density at radius 3 is 2.75 bits per heavy atom. The smallest absolute Gasteiger partial charge is 0.0810 e. The van der Waals surface area contributed by atoms with E-state index in [4.69, 9.17) is 4.74 Å². The lowest BCUT2D eigenvalue weighted by atomic mass is 10.2. The van der Waals surface area contributed by atoms with Crippen molar-refractivity contribution in [2.24, 2.45) is 0 Å². The summed E-state index contributed by atoms with van der Waals surface area (Å²) in [5.74, 6) is 0. The largest absolute Gasteiger partial charge is 0.373 e. The molecule has 70 valence electrons. The van der Waals surface area contributed by atoms with Gasteiger partial charge in [0.05, 0.1) is 12.7 Å². The second kappa shape index (κ2) is 4.21. The summed E-state index contributed by atoms with van der Waals surface area (Å²) in [7, 11) is 0. The molecule has 0 aliphatic carbocycles. The maximum atomic E-state index is 5.17. The summed E-state index contributed by atoms with van der Waals surface area (Å²) in [5, 5.41) is 3.36. The molecule has 2 saturated heterocycles. The average molecular weight is 170 g/mol. The van der Waals surface area contributed by atoms with Crippen molar-refractivity contribution in [3.63, 3.8) is 0 Å². The fourth-order valence-electron chi connectivity index (χ4n) is 1.71. The van der Waals surface area contributed by atoms with Gasteiger partial charge in [0.25, 0.3) is 0 Å². The lowest BCUT2D eigenvalue weighted by molar-refractivity contribution is 0.233. The molecule has 12 heavy (non-hydrogen) atoms. The molecule has 3 heteroatoms. The SMILES string of the molecule is C(CC1CO1)CN1CCNCC1. The van der Waals surface area contributed by atoms with Gasteiger partial charge in [0.2, 0.25) is 0 Å². The minimum Gasteiger partial charge on any atom is -0.373 e. The zero-order valence-electron chi connectivity index (χ0n) is 7.59. The number of ether oxygens (including phenoxy) is 1. The van der Waals surface area contributed by atoms with Crippen molar-refractivity contribution in [2.45, 2.75) is 18.9 Å². The number of rotatable bonds is 4. The van der Waals surface area contributed by atoms with Gasteiger partial charge in [-0.05, 0) is 19.4 Å². The molecule has 1 N–H and O–H groups in total. The van der Waals surface area contributed by atoms with E-state index in [-0.39, 0.29) is 0 Å². The van der Waals surface area contributed by atoms with Gasteiger partial charge in [-0.15, -0.1) is 0 Å². The van der Waals surface area contributed by atoms with Crippen LogP contribution in [0.1, 0.15) is 12.8 Å². The predicted molar refractivity (Wildman–Crippen MR) is 48.3 cm³/mol. The summed E-state index contributed by atoms with van der Waals surface area (Å²) in [5.41, 5.74) is 0. The van der Waals surface area contributed by atoms with Crippen LogP contribution in [0.15, 0.2) is 0 Å². The minimum atomic E-state index is 0.618. The number of nitrogens with one attached hydrogen (secondary N) is 1. The van der Waals surface area contributed by atoms with Crippen molar-refractivity contribution in [3.8, 4) is 0 Å². The van der Waals surface area contributed by atoms with Crippen LogP contribution in [0, 0.1) is 0 Å². The van der Waals surface area contributed by atoms with Crippen LogP contribution >= 0.6 is 0 Å². The first-order valence-corrected chi connectivity index (χ1v) is 5.00. The summed E-state index contributed by atoms with van der Waals surface area (Å²) in [4.78, 5) is 2.54. The Labute approximate surface area is 74.1 Å². The molecule has 2 aliphatic heterocycles. The maximum absolute atomic E-state index is 5.17. The van der Waals surface area contributed by atoms with E-state index in [0.29, 0.717) is 6.10 Å². The normalized spacial score (nSPS) is 30.5. The molecule has 3 nitrogen and oxygen atoms in total. The predicted octanol–water partition coefficient (Wildman–Crippen LogP) is 0.0706. The molecule has 2 heterocycles. The second-order valence-corrected chi connectivity index (χ2v) is 3.69. The van der Waals surface area contributed by atoms with Gasteiger partial charge in [-0.2, -0.15) is 0 Å². The van der Waals surface area contributed by atoms with Gasteiger partial charge in [-0.1, -0.05) is 0 Å². The van der Waals surface area contributed by atoms with E-state index in [1.54, 1.807) is 0 Å². The zero-order chi connectivity index (χ0) is 8.23. The Hall–Kier alpha value is -0.120. The molecule has 0 saturated carbocycles. The highest BCUT2D eigenvalue weighted by Crippen LogP contribution is 2.15. The molecular formula is C9H18N2O. The summed E-state index contributed by atoms with van der Waals surface area (Å²) in [6, 6.07) is 0. The number of nitrogens with zero attached hydrogens (tertiary/aromatic N) is 1. The lowest BCUT2D eigenvalue weighted by Crippen LogP contribution is -2.43. The Morgan fingerprint density at radius 2 is 2.08 bits per heavy atom. The molecule has 0 spiro atoms. The van der Waals surface area contributed by atoms with E-state index >= 15 is 0 Å². The van der Waals surface area contributed by atoms with Gasteiger partial charge in [0.15, 0.2) is 0 Å². The standard InChI is InChI=1S/C9H18N2O/c1(2-9-8-12-9)5-11-6-3-10-4-7-11/h9-10H,1-8H2. The fraction of sp³-hybridized carbons (Fsp3) is 1.00. The molecule has 2 aliphatic rings. The Kier molecular flexibility index (Phi) is 2.98. The van der Waals surface area contributed by atoms with Crippen LogP contribution < -0.4 is 5.32 Å². The van der Waals surface area contributed by atoms with Crippen LogP contribution in [0.4, 0.5) is 0 Å². The lowest BCUT2D eigenvalue weighted by Gasteiger charge is -2.26. The van der Waals surface area contributed by atoms with E-state index in [1.807, 2.05) is 0 Å². The second-order valence-electron chi connectivity index (χ2n) is 3.69. The number of hydrogen-bond donors (Lipinski definition) is 1. The van der Waals surface area contributed by atoms with Crippen molar-refractivity contribution in [1.29, 1.82) is 0 Å². The molecule has 0 aromatic heterocycles. The van der Waals surface area contributed by atoms with Crippen molar-refractivity contribution in [1.82, 2.24) is 10.2 Å². The summed E-state index contributed by atoms with van der Waals surface area (Å²) >= 11 is 0. The number of hydrogen-bond acceptors (Lipinski definition) is 3. The van der Waals surface area contributed by atoms with Crippen LogP contribution in [0.3, 0.4) is 0 Å². The first-order chi connectivity index (χ1) is 5.95. The molecule has 0 aromatic rings. The Balaban J connectivity index is 1.52. The van der Waals surface area contributed by atoms with Crippen molar-refractivity contribution < 1.29 is 4.74 Å². The summed E-state index contributed by atoms with van der Waals surface area (Å²) in [6.45, 7) is 7.07. The molecule has 2 rings (SSSR count). The van der Waals surface area contributed by atoms with Gasteiger partial charge < -0.3 is 15.0 Å². The van der Waals surface area contributed by atoms with E-state index in [9.17, 15) is 0 Å². The van der Waals surface area contributed by atoms with Crippen molar-refractivity contribution in [3.05, 3.63) is 0 Å². The first kappa shape index (κ1) is 8.48. The molecule has 0 aromatic carbocycles. The summed E-state index contributed by atoms with van der Waals surface area (Å²) < 4.78 is 5.17. The minimum absolute atomic E-state index is 0.618. The molecule has 1 atom stereocenters. The third kappa shape index (κ3) is 2.73. The number of piperazine rings is 1. The average Bonchev–Trinajstić information content (AvgIpc) is 2.90. The number of epoxide rings is 1. The quantitative estimate of drug-likeness (QED) is 0.605. The van der Waals surface area contributed by atoms with Crippen LogP contribution in [0.5, 0.6) is 0 Å². The fourth-order valence-corrected chi connectivity index (χ4v) is 1.71. The molecule has 2 fully saturated rings. The Morgan fingerprint density at radius 1 is 1.33 bits per heavy atom. The molecule has 0 radical (unpaired) electrons. The van der Waals surface area contributed by atoms with Crippen molar-refractivity contribution in [2.75, 3.05) is 39.3 Å². The molecule has 1 unspecified atom stereocenters. The van der Waals surface area contributed by atoms with Crippen LogP contribution in [0.25, 0.3) is 0 Å². The van der Waals surface area contributed by atoms with Gasteiger partial charge in [0.1, 0.15) is 0 Å². The molecule has 0 amide bonds. The highest BCUT2D eigenvalue weighted by molar-refractivity contribution is 4.72. The topological polar surface area (TPSA) is 27.8 Å². The van der Waals surface area contributed by atoms with Gasteiger partial charge in [0, 0.05) is 26.2 Å². The van der Waals surface area contributed by atoms with Gasteiger partial charge in [-0.25, -0.2) is 0 Å². The highest BCUT2D eigenvalue weighted by Gasteiger charge is 2.21. The van der Waals surface area contributed by atoms with Crippen LogP contribution in [-0.4, -0.2) is 50.3 Å². The third-order valence-corrected chi connectivity index (χ3v) is 2.61. The first-order valence-electron chi connectivity index (χ1n) is 5.00. The summed E-state index contributed by atoms with van der Waals surface area (Å²) in [6.07, 6.45) is 3.20. The zero-order valence-corrected chi connectivity index (χ0v) is 7.59. The Bertz CT molecular complexity index is 130. The molecular weight excluding hydrogens is 152 g/mol. The van der Waals surface area contributed by atoms with E-state index in [0.717, 1.165) is 6.61 Å². The van der Waals surface area contributed by atoms with E-state index in [2.05, 4.69) is 10.2 Å². The third-order valence-electron chi connectivity index (χ3n) is 2.61. The monoisotopic (exact) mass is 170 g/mol. The molecule has 0 bridgehead atoms. The van der Waals surface area contributed by atoms with Gasteiger partial charge in [-0.3, -0.25) is 0 Å². The maximum Gasteiger partial charge on any atom is 0.0810 e. The van der Waals surface area contributed by atoms with Crippen LogP contribution in [0.2, 0.25) is 0 Å². The van der Waals surface area contributed by atoms with Gasteiger partial charge >= 0.3 is 0 Å². The van der Waals surface area contributed by atoms with E-state index in [1.165, 1.54) is 45.6 Å². The highest BCUT2D eigenvalue weighted by atomic mass is 16.6. The van der Waals surface area contributed by atoms with Crippen LogP contribution in [-0.2, 0) is 4.74 Å². The van der Waals surface area contributed by atoms with E-state index < -0.39 is 0 Å².